The quantitative estimate of drug-likeness (QED) is 0.531. The summed E-state index contributed by atoms with van der Waals surface area (Å²) >= 11 is 0. The number of benzene rings is 1. The highest BCUT2D eigenvalue weighted by molar-refractivity contribution is 6.01. The highest BCUT2D eigenvalue weighted by Gasteiger charge is 2.13. The number of rotatable bonds is 7. The van der Waals surface area contributed by atoms with Crippen molar-refractivity contribution < 1.29 is 14.3 Å². The van der Waals surface area contributed by atoms with Gasteiger partial charge in [-0.25, -0.2) is 4.79 Å². The van der Waals surface area contributed by atoms with Gasteiger partial charge in [0.2, 0.25) is 0 Å². The largest absolute Gasteiger partial charge is 0.453 e. The van der Waals surface area contributed by atoms with Crippen molar-refractivity contribution in [2.24, 2.45) is 5.92 Å². The molecule has 7 heteroatoms. The average molecular weight is 409 g/mol. The Morgan fingerprint density at radius 1 is 1.23 bits per heavy atom. The molecule has 1 aromatic heterocycles. The van der Waals surface area contributed by atoms with Gasteiger partial charge < -0.3 is 14.6 Å². The van der Waals surface area contributed by atoms with E-state index in [0.717, 1.165) is 29.1 Å². The van der Waals surface area contributed by atoms with E-state index in [4.69, 9.17) is 0 Å². The van der Waals surface area contributed by atoms with Crippen molar-refractivity contribution in [2.45, 2.75) is 40.8 Å². The third-order valence-corrected chi connectivity index (χ3v) is 4.66. The van der Waals surface area contributed by atoms with E-state index in [-0.39, 0.29) is 12.1 Å². The van der Waals surface area contributed by atoms with Crippen molar-refractivity contribution >= 4 is 23.8 Å². The lowest BCUT2D eigenvalue weighted by Crippen LogP contribution is -2.24. The number of aromatic nitrogens is 1. The highest BCUT2D eigenvalue weighted by Crippen LogP contribution is 2.20. The molecule has 30 heavy (non-hydrogen) atoms. The fourth-order valence-electron chi connectivity index (χ4n) is 3.08. The first-order chi connectivity index (χ1) is 14.2. The molecule has 2 aromatic rings. The maximum Gasteiger partial charge on any atom is 0.411 e. The van der Waals surface area contributed by atoms with Crippen LogP contribution in [0.4, 0.5) is 10.5 Å². The summed E-state index contributed by atoms with van der Waals surface area (Å²) in [4.78, 5) is 23.7. The summed E-state index contributed by atoms with van der Waals surface area (Å²) in [6, 6.07) is 11.0. The van der Waals surface area contributed by atoms with Crippen LogP contribution in [-0.2, 0) is 22.6 Å². The van der Waals surface area contributed by atoms with Crippen molar-refractivity contribution in [2.75, 3.05) is 12.4 Å². The summed E-state index contributed by atoms with van der Waals surface area (Å²) in [5, 5.41) is 14.8. The van der Waals surface area contributed by atoms with E-state index in [1.165, 1.54) is 7.11 Å². The smallest absolute Gasteiger partial charge is 0.411 e. The minimum atomic E-state index is -0.549. The molecule has 0 spiro atoms. The van der Waals surface area contributed by atoms with E-state index in [2.05, 4.69) is 33.8 Å². The van der Waals surface area contributed by atoms with E-state index in [1.807, 2.05) is 26.0 Å². The summed E-state index contributed by atoms with van der Waals surface area (Å²) < 4.78 is 6.74. The number of methoxy groups -OCH3 is 1. The average Bonchev–Trinajstić information content (AvgIpc) is 2.98. The molecule has 0 radical (unpaired) electrons. The summed E-state index contributed by atoms with van der Waals surface area (Å²) in [6.45, 7) is 9.49. The third kappa shape index (κ3) is 5.98. The van der Waals surface area contributed by atoms with E-state index in [0.29, 0.717) is 11.6 Å². The Labute approximate surface area is 177 Å². The van der Waals surface area contributed by atoms with Gasteiger partial charge in [-0.1, -0.05) is 26.0 Å². The van der Waals surface area contributed by atoms with Gasteiger partial charge in [0.25, 0.3) is 5.91 Å². The number of nitrogens with zero attached hydrogens (tertiary/aromatic N) is 2. The van der Waals surface area contributed by atoms with Crippen LogP contribution in [0.1, 0.15) is 36.4 Å². The van der Waals surface area contributed by atoms with Gasteiger partial charge in [-0.15, -0.1) is 0 Å². The second-order valence-corrected chi connectivity index (χ2v) is 7.50. The number of ether oxygens (including phenoxy) is 1. The molecule has 0 unspecified atom stereocenters. The van der Waals surface area contributed by atoms with Crippen molar-refractivity contribution in [3.05, 3.63) is 58.4 Å². The number of carbonyl (C=O) groups excluding carboxylic acids is 2. The number of nitriles is 1. The summed E-state index contributed by atoms with van der Waals surface area (Å²) in [7, 11) is 1.29. The van der Waals surface area contributed by atoms with E-state index in [9.17, 15) is 14.9 Å². The van der Waals surface area contributed by atoms with E-state index < -0.39 is 12.0 Å². The molecule has 0 aliphatic rings. The Balaban J connectivity index is 2.07. The van der Waals surface area contributed by atoms with Gasteiger partial charge in [0.15, 0.2) is 0 Å². The van der Waals surface area contributed by atoms with Gasteiger partial charge in [0, 0.05) is 30.2 Å². The molecule has 0 aliphatic heterocycles. The van der Waals surface area contributed by atoms with Crippen LogP contribution >= 0.6 is 0 Å². The van der Waals surface area contributed by atoms with Crippen LogP contribution in [0, 0.1) is 31.1 Å². The topological polar surface area (TPSA) is 96.2 Å². The molecule has 0 aliphatic carbocycles. The molecule has 0 saturated carbocycles. The van der Waals surface area contributed by atoms with Crippen LogP contribution < -0.4 is 10.6 Å². The highest BCUT2D eigenvalue weighted by atomic mass is 16.5. The van der Waals surface area contributed by atoms with Crippen molar-refractivity contribution in [3.63, 3.8) is 0 Å². The Morgan fingerprint density at radius 2 is 1.90 bits per heavy atom. The number of hydrogen-bond donors (Lipinski definition) is 2. The number of anilines is 1. The first-order valence-corrected chi connectivity index (χ1v) is 9.75. The lowest BCUT2D eigenvalue weighted by molar-refractivity contribution is -0.117. The molecule has 0 atom stereocenters. The second-order valence-electron chi connectivity index (χ2n) is 7.50. The first kappa shape index (κ1) is 22.8. The number of aryl methyl sites for hydroxylation is 1. The molecule has 0 bridgehead atoms. The van der Waals surface area contributed by atoms with Gasteiger partial charge in [-0.2, -0.15) is 5.26 Å². The van der Waals surface area contributed by atoms with Crippen LogP contribution in [0.25, 0.3) is 6.08 Å². The van der Waals surface area contributed by atoms with Crippen LogP contribution in [-0.4, -0.2) is 23.7 Å². The van der Waals surface area contributed by atoms with E-state index in [1.54, 1.807) is 30.3 Å². The fraction of sp³-hybridized carbons (Fsp3) is 0.348. The molecule has 7 nitrogen and oxygen atoms in total. The maximum atomic E-state index is 12.5. The van der Waals surface area contributed by atoms with Crippen LogP contribution in [0.15, 0.2) is 35.9 Å². The predicted octanol–water partition coefficient (Wildman–Crippen LogP) is 4.16. The Morgan fingerprint density at radius 3 is 2.47 bits per heavy atom. The van der Waals surface area contributed by atoms with Gasteiger partial charge in [0.1, 0.15) is 11.6 Å². The predicted molar refractivity (Wildman–Crippen MR) is 117 cm³/mol. The molecular weight excluding hydrogens is 380 g/mol. The third-order valence-electron chi connectivity index (χ3n) is 4.66. The monoisotopic (exact) mass is 408 g/mol. The fourth-order valence-corrected chi connectivity index (χ4v) is 3.08. The van der Waals surface area contributed by atoms with Crippen LogP contribution in [0.2, 0.25) is 0 Å². The molecular formula is C23H28N4O3. The molecule has 2 rings (SSSR count). The van der Waals surface area contributed by atoms with Gasteiger partial charge in [-0.05, 0) is 55.2 Å². The summed E-state index contributed by atoms with van der Waals surface area (Å²) in [5.41, 5.74) is 4.50. The van der Waals surface area contributed by atoms with E-state index >= 15 is 0 Å². The summed E-state index contributed by atoms with van der Waals surface area (Å²) in [6.07, 6.45) is 1.09. The number of nitrogens with one attached hydrogen (secondary N) is 2. The molecule has 0 saturated heterocycles. The molecule has 1 heterocycles. The number of carbonyl (C=O) groups is 2. The van der Waals surface area contributed by atoms with Gasteiger partial charge >= 0.3 is 6.09 Å². The van der Waals surface area contributed by atoms with Gasteiger partial charge in [0.05, 0.1) is 7.11 Å². The minimum absolute atomic E-state index is 0.0591. The molecule has 158 valence electrons. The van der Waals surface area contributed by atoms with Gasteiger partial charge in [-0.3, -0.25) is 10.1 Å². The first-order valence-electron chi connectivity index (χ1n) is 9.75. The standard InChI is InChI=1S/C23H28N4O3/c1-15(2)14-27-16(3)10-19(17(27)4)11-20(12-24)22(28)25-13-18-6-8-21(9-7-18)26-23(29)30-5/h6-11,15H,13-14H2,1-5H3,(H,25,28)(H,26,29)/b20-11+. The zero-order valence-corrected chi connectivity index (χ0v) is 18.1. The lowest BCUT2D eigenvalue weighted by Gasteiger charge is -2.12. The van der Waals surface area contributed by atoms with Crippen molar-refractivity contribution in [3.8, 4) is 6.07 Å². The Bertz CT molecular complexity index is 979. The van der Waals surface area contributed by atoms with Crippen molar-refractivity contribution in [1.82, 2.24) is 9.88 Å². The van der Waals surface area contributed by atoms with Crippen LogP contribution in [0.5, 0.6) is 0 Å². The Kier molecular flexibility index (Phi) is 7.82. The van der Waals surface area contributed by atoms with Crippen molar-refractivity contribution in [1.29, 1.82) is 5.26 Å². The normalized spacial score (nSPS) is 11.2. The molecule has 0 fully saturated rings. The zero-order valence-electron chi connectivity index (χ0n) is 18.1. The summed E-state index contributed by atoms with van der Waals surface area (Å²) in [5.74, 6) is 0.0718. The SMILES string of the molecule is COC(=O)Nc1ccc(CNC(=O)/C(C#N)=C/c2cc(C)n(CC(C)C)c2C)cc1. The second kappa shape index (κ2) is 10.3. The zero-order chi connectivity index (χ0) is 22.3. The molecule has 1 aromatic carbocycles. The molecule has 2 amide bonds. The minimum Gasteiger partial charge on any atom is -0.453 e. The lowest BCUT2D eigenvalue weighted by atomic mass is 10.1. The maximum absolute atomic E-state index is 12.5. The Hall–Kier alpha value is -3.53. The molecule has 2 N–H and O–H groups in total. The number of amides is 2. The number of hydrogen-bond acceptors (Lipinski definition) is 4. The van der Waals surface area contributed by atoms with Crippen LogP contribution in [0.3, 0.4) is 0 Å².